The van der Waals surface area contributed by atoms with Gasteiger partial charge in [-0.1, -0.05) is 0 Å². The fourth-order valence-electron chi connectivity index (χ4n) is 6.13. The van der Waals surface area contributed by atoms with Crippen molar-refractivity contribution < 1.29 is 4.39 Å². The van der Waals surface area contributed by atoms with Gasteiger partial charge in [0.1, 0.15) is 11.6 Å². The number of fused-ring (bicyclic) bond motifs is 1. The fraction of sp³-hybridized carbons (Fsp3) is 0.600. The van der Waals surface area contributed by atoms with Gasteiger partial charge in [-0.15, -0.1) is 12.4 Å². The number of aromatic amines is 1. The highest BCUT2D eigenvalue weighted by Crippen LogP contribution is 2.54. The minimum Gasteiger partial charge on any atom is -0.369 e. The van der Waals surface area contributed by atoms with Crippen LogP contribution in [0.15, 0.2) is 29.1 Å². The molecule has 2 heterocycles. The summed E-state index contributed by atoms with van der Waals surface area (Å²) in [5.74, 6) is 1.12. The first-order valence-electron chi connectivity index (χ1n) is 12.0. The van der Waals surface area contributed by atoms with Gasteiger partial charge in [0, 0.05) is 49.4 Å². The highest BCUT2D eigenvalue weighted by molar-refractivity contribution is 5.85. The summed E-state index contributed by atoms with van der Waals surface area (Å²) >= 11 is 0. The number of rotatable bonds is 3. The molecule has 0 radical (unpaired) electrons. The lowest BCUT2D eigenvalue weighted by molar-refractivity contribution is 0.186. The average Bonchev–Trinajstić information content (AvgIpc) is 3.35. The SMILES string of the molecule is Cl.O=c1[nH]c([C@H]2CC[C@H](N3CCN(c4ccc(F)cc4)CC3)C2)nc2c1CC1(CC2)CC1. The van der Waals surface area contributed by atoms with Crippen LogP contribution in [0, 0.1) is 11.2 Å². The second-order valence-corrected chi connectivity index (χ2v) is 10.2. The Morgan fingerprint density at radius 2 is 1.78 bits per heavy atom. The zero-order valence-corrected chi connectivity index (χ0v) is 19.3. The first kappa shape index (κ1) is 21.9. The lowest BCUT2D eigenvalue weighted by Gasteiger charge is -2.39. The van der Waals surface area contributed by atoms with Gasteiger partial charge in [-0.05, 0) is 81.0 Å². The molecule has 1 N–H and O–H groups in total. The zero-order chi connectivity index (χ0) is 21.0. The molecule has 5 nitrogen and oxygen atoms in total. The number of anilines is 1. The molecule has 0 unspecified atom stereocenters. The van der Waals surface area contributed by atoms with E-state index in [1.165, 1.54) is 25.7 Å². The molecule has 32 heavy (non-hydrogen) atoms. The van der Waals surface area contributed by atoms with Crippen molar-refractivity contribution in [2.75, 3.05) is 31.1 Å². The summed E-state index contributed by atoms with van der Waals surface area (Å²) in [6.45, 7) is 4.01. The first-order chi connectivity index (χ1) is 15.1. The second-order valence-electron chi connectivity index (χ2n) is 10.2. The average molecular weight is 459 g/mol. The van der Waals surface area contributed by atoms with E-state index in [-0.39, 0.29) is 23.8 Å². The maximum Gasteiger partial charge on any atom is 0.254 e. The van der Waals surface area contributed by atoms with Crippen molar-refractivity contribution in [1.29, 1.82) is 0 Å². The van der Waals surface area contributed by atoms with Crippen LogP contribution in [0.5, 0.6) is 0 Å². The van der Waals surface area contributed by atoms with Gasteiger partial charge in [-0.3, -0.25) is 9.69 Å². The van der Waals surface area contributed by atoms with Crippen LogP contribution >= 0.6 is 12.4 Å². The molecule has 1 aliphatic heterocycles. The van der Waals surface area contributed by atoms with Crippen LogP contribution in [0.3, 0.4) is 0 Å². The maximum absolute atomic E-state index is 13.2. The second kappa shape index (κ2) is 8.45. The van der Waals surface area contributed by atoms with Crippen molar-refractivity contribution in [3.63, 3.8) is 0 Å². The molecular weight excluding hydrogens is 427 g/mol. The molecule has 4 aliphatic rings. The summed E-state index contributed by atoms with van der Waals surface area (Å²) in [5.41, 5.74) is 3.72. The topological polar surface area (TPSA) is 52.2 Å². The molecule has 2 aromatic rings. The monoisotopic (exact) mass is 458 g/mol. The van der Waals surface area contributed by atoms with Crippen molar-refractivity contribution in [2.24, 2.45) is 5.41 Å². The molecule has 3 fully saturated rings. The number of benzene rings is 1. The summed E-state index contributed by atoms with van der Waals surface area (Å²) < 4.78 is 13.2. The molecule has 172 valence electrons. The van der Waals surface area contributed by atoms with Crippen LogP contribution in [0.25, 0.3) is 0 Å². The number of aryl methyl sites for hydroxylation is 1. The minimum absolute atomic E-state index is 0. The van der Waals surface area contributed by atoms with E-state index in [1.54, 1.807) is 12.1 Å². The van der Waals surface area contributed by atoms with Crippen molar-refractivity contribution in [3.8, 4) is 0 Å². The Hall–Kier alpha value is -1.92. The third kappa shape index (κ3) is 4.08. The van der Waals surface area contributed by atoms with E-state index >= 15 is 0 Å². The van der Waals surface area contributed by atoms with Gasteiger partial charge >= 0.3 is 0 Å². The summed E-state index contributed by atoms with van der Waals surface area (Å²) in [5, 5.41) is 0. The van der Waals surface area contributed by atoms with Gasteiger partial charge in [-0.2, -0.15) is 0 Å². The predicted molar refractivity (Wildman–Crippen MR) is 126 cm³/mol. The van der Waals surface area contributed by atoms with E-state index in [9.17, 15) is 9.18 Å². The Balaban J connectivity index is 0.00000216. The van der Waals surface area contributed by atoms with Gasteiger partial charge in [0.2, 0.25) is 0 Å². The maximum atomic E-state index is 13.2. The highest BCUT2D eigenvalue weighted by Gasteiger charge is 2.46. The number of nitrogens with one attached hydrogen (secondary N) is 1. The Labute approximate surface area is 194 Å². The number of aromatic nitrogens is 2. The van der Waals surface area contributed by atoms with Crippen molar-refractivity contribution >= 4 is 18.1 Å². The van der Waals surface area contributed by atoms with E-state index in [0.717, 1.165) is 74.6 Å². The van der Waals surface area contributed by atoms with Crippen LogP contribution in [0.2, 0.25) is 0 Å². The Bertz CT molecular complexity index is 1030. The number of H-pyrrole nitrogens is 1. The van der Waals surface area contributed by atoms with Gasteiger partial charge in [0.15, 0.2) is 0 Å². The lowest BCUT2D eigenvalue weighted by Crippen LogP contribution is -2.49. The van der Waals surface area contributed by atoms with E-state index in [1.807, 2.05) is 12.1 Å². The number of nitrogens with zero attached hydrogens (tertiary/aromatic N) is 3. The fourth-order valence-corrected chi connectivity index (χ4v) is 6.13. The molecule has 1 aromatic carbocycles. The van der Waals surface area contributed by atoms with Crippen LogP contribution in [0.4, 0.5) is 10.1 Å². The molecule has 0 amide bonds. The molecule has 2 saturated carbocycles. The zero-order valence-electron chi connectivity index (χ0n) is 18.5. The molecular formula is C25H32ClFN4O. The van der Waals surface area contributed by atoms with E-state index in [0.29, 0.717) is 17.4 Å². The van der Waals surface area contributed by atoms with Gasteiger partial charge in [0.25, 0.3) is 5.56 Å². The number of hydrogen-bond donors (Lipinski definition) is 1. The van der Waals surface area contributed by atoms with E-state index < -0.39 is 0 Å². The predicted octanol–water partition coefficient (Wildman–Crippen LogP) is 4.06. The Kier molecular flexibility index (Phi) is 5.79. The molecule has 1 saturated heterocycles. The first-order valence-corrected chi connectivity index (χ1v) is 12.0. The smallest absolute Gasteiger partial charge is 0.254 e. The van der Waals surface area contributed by atoms with Crippen LogP contribution in [-0.2, 0) is 12.8 Å². The van der Waals surface area contributed by atoms with Crippen LogP contribution in [0.1, 0.15) is 61.5 Å². The summed E-state index contributed by atoms with van der Waals surface area (Å²) in [4.78, 5) is 25.9. The minimum atomic E-state index is -0.180. The molecule has 2 atom stereocenters. The van der Waals surface area contributed by atoms with Crippen LogP contribution < -0.4 is 10.5 Å². The Morgan fingerprint density at radius 1 is 1.03 bits per heavy atom. The summed E-state index contributed by atoms with van der Waals surface area (Å²) in [6, 6.07) is 7.40. The van der Waals surface area contributed by atoms with Gasteiger partial charge < -0.3 is 9.88 Å². The number of hydrogen-bond acceptors (Lipinski definition) is 4. The normalized spacial score (nSPS) is 26.6. The van der Waals surface area contributed by atoms with E-state index in [2.05, 4.69) is 14.8 Å². The lowest BCUT2D eigenvalue weighted by atomic mass is 9.84. The number of halogens is 2. The molecule has 1 aromatic heterocycles. The molecule has 6 rings (SSSR count). The standard InChI is InChI=1S/C25H31FN4O.ClH/c26-18-2-5-19(6-3-18)29-11-13-30(14-12-29)20-4-1-17(15-20)23-27-22-7-8-25(9-10-25)16-21(22)24(31)28-23;/h2-3,5-6,17,20H,1,4,7-16H2,(H,27,28,31);1H/t17-,20-;/m0./s1. The van der Waals surface area contributed by atoms with Gasteiger partial charge in [0.05, 0.1) is 5.69 Å². The van der Waals surface area contributed by atoms with Gasteiger partial charge in [-0.25, -0.2) is 9.37 Å². The molecule has 3 aliphatic carbocycles. The molecule has 7 heteroatoms. The third-order valence-electron chi connectivity index (χ3n) is 8.33. The van der Waals surface area contributed by atoms with Crippen molar-refractivity contribution in [1.82, 2.24) is 14.9 Å². The molecule has 0 bridgehead atoms. The van der Waals surface area contributed by atoms with Crippen molar-refractivity contribution in [3.05, 3.63) is 57.5 Å². The van der Waals surface area contributed by atoms with Crippen LogP contribution in [-0.4, -0.2) is 47.1 Å². The number of piperazine rings is 1. The highest BCUT2D eigenvalue weighted by atomic mass is 35.5. The quantitative estimate of drug-likeness (QED) is 0.753. The molecule has 1 spiro atoms. The summed E-state index contributed by atoms with van der Waals surface area (Å²) in [7, 11) is 0. The largest absolute Gasteiger partial charge is 0.369 e. The summed E-state index contributed by atoms with van der Waals surface area (Å²) in [6.07, 6.45) is 9.06. The van der Waals surface area contributed by atoms with Crippen molar-refractivity contribution in [2.45, 2.75) is 63.3 Å². The van der Waals surface area contributed by atoms with E-state index in [4.69, 9.17) is 4.98 Å². The third-order valence-corrected chi connectivity index (χ3v) is 8.33. The Morgan fingerprint density at radius 3 is 2.50 bits per heavy atom.